The van der Waals surface area contributed by atoms with Gasteiger partial charge in [-0.15, -0.1) is 22.6 Å². The number of guanidine groups is 1. The van der Waals surface area contributed by atoms with Gasteiger partial charge in [0.05, 0.1) is 10.6 Å². The predicted molar refractivity (Wildman–Crippen MR) is 87.0 cm³/mol. The standard InChI is InChI=1S/C11H14N6O3S.ClH/c1-7-6-10(14-15-11(12)13)17(16-7)8-2-4-9(5-3-8)21(18,19)20;/h2-5H,6H2,1H3,(H4,12,13,15)(H,18,19,20);1H/b14-10+;. The van der Waals surface area contributed by atoms with Crippen LogP contribution >= 0.6 is 12.4 Å². The third kappa shape index (κ3) is 4.16. The first-order chi connectivity index (χ1) is 9.77. The van der Waals surface area contributed by atoms with Gasteiger partial charge in [-0.1, -0.05) is 0 Å². The minimum Gasteiger partial charge on any atom is -0.369 e. The molecule has 0 atom stereocenters. The number of hydrogen-bond acceptors (Lipinski definition) is 5. The molecule has 0 unspecified atom stereocenters. The minimum absolute atomic E-state index is 0. The lowest BCUT2D eigenvalue weighted by atomic mass is 10.3. The van der Waals surface area contributed by atoms with Gasteiger partial charge in [-0.3, -0.25) is 4.55 Å². The summed E-state index contributed by atoms with van der Waals surface area (Å²) in [5.74, 6) is 0.328. The summed E-state index contributed by atoms with van der Waals surface area (Å²) in [4.78, 5) is -0.200. The molecule has 22 heavy (non-hydrogen) atoms. The second kappa shape index (κ2) is 6.73. The fourth-order valence-corrected chi connectivity index (χ4v) is 2.21. The Morgan fingerprint density at radius 1 is 1.32 bits per heavy atom. The SMILES string of the molecule is CC1=NN(c2ccc(S(=O)(=O)O)cc2)/C(=N/N=C(N)N)C1.Cl. The molecule has 0 spiro atoms. The Morgan fingerprint density at radius 2 is 1.91 bits per heavy atom. The highest BCUT2D eigenvalue weighted by atomic mass is 35.5. The van der Waals surface area contributed by atoms with Gasteiger partial charge in [-0.05, 0) is 31.2 Å². The second-order valence-corrected chi connectivity index (χ2v) is 5.76. The Balaban J connectivity index is 0.00000242. The van der Waals surface area contributed by atoms with E-state index in [1.54, 1.807) is 0 Å². The van der Waals surface area contributed by atoms with E-state index in [1.807, 2.05) is 6.92 Å². The number of benzene rings is 1. The first-order valence-electron chi connectivity index (χ1n) is 5.84. The third-order valence-corrected chi connectivity index (χ3v) is 3.46. The number of nitrogens with two attached hydrogens (primary N) is 2. The molecule has 1 heterocycles. The third-order valence-electron chi connectivity index (χ3n) is 2.59. The fourth-order valence-electron chi connectivity index (χ4n) is 1.73. The molecular formula is C11H15ClN6O3S. The van der Waals surface area contributed by atoms with E-state index in [1.165, 1.54) is 29.3 Å². The number of hydrogen-bond donors (Lipinski definition) is 3. The molecule has 0 radical (unpaired) electrons. The Labute approximate surface area is 133 Å². The normalized spacial score (nSPS) is 16.2. The average molecular weight is 347 g/mol. The summed E-state index contributed by atoms with van der Waals surface area (Å²) in [6, 6.07) is 5.53. The maximum Gasteiger partial charge on any atom is 0.294 e. The smallest absolute Gasteiger partial charge is 0.294 e. The summed E-state index contributed by atoms with van der Waals surface area (Å²) in [5.41, 5.74) is 11.8. The van der Waals surface area contributed by atoms with Crippen LogP contribution in [0.25, 0.3) is 0 Å². The lowest BCUT2D eigenvalue weighted by Gasteiger charge is -2.14. The van der Waals surface area contributed by atoms with Crippen LogP contribution in [0.1, 0.15) is 13.3 Å². The van der Waals surface area contributed by atoms with E-state index in [2.05, 4.69) is 15.3 Å². The maximum atomic E-state index is 11.0. The Bertz CT molecular complexity index is 738. The van der Waals surface area contributed by atoms with Crippen molar-refractivity contribution in [2.75, 3.05) is 5.01 Å². The van der Waals surface area contributed by atoms with Gasteiger partial charge < -0.3 is 11.5 Å². The molecule has 9 nitrogen and oxygen atoms in total. The van der Waals surface area contributed by atoms with Gasteiger partial charge in [0, 0.05) is 12.1 Å². The highest BCUT2D eigenvalue weighted by Crippen LogP contribution is 2.23. The summed E-state index contributed by atoms with van der Waals surface area (Å²) in [6.45, 7) is 1.82. The summed E-state index contributed by atoms with van der Waals surface area (Å²) in [7, 11) is -4.23. The maximum absolute atomic E-state index is 11.0. The second-order valence-electron chi connectivity index (χ2n) is 4.33. The Kier molecular flexibility index (Phi) is 5.47. The molecule has 0 saturated heterocycles. The van der Waals surface area contributed by atoms with Crippen LogP contribution in [-0.2, 0) is 10.1 Å². The van der Waals surface area contributed by atoms with Crippen LogP contribution in [0.15, 0.2) is 44.5 Å². The van der Waals surface area contributed by atoms with Crippen LogP contribution < -0.4 is 16.5 Å². The van der Waals surface area contributed by atoms with Gasteiger partial charge in [-0.25, -0.2) is 5.01 Å². The topological polar surface area (TPSA) is 147 Å². The highest BCUT2D eigenvalue weighted by Gasteiger charge is 2.22. The van der Waals surface area contributed by atoms with Crippen molar-refractivity contribution in [2.45, 2.75) is 18.2 Å². The highest BCUT2D eigenvalue weighted by molar-refractivity contribution is 7.85. The lowest BCUT2D eigenvalue weighted by Crippen LogP contribution is -2.24. The zero-order valence-corrected chi connectivity index (χ0v) is 13.2. The van der Waals surface area contributed by atoms with Crippen LogP contribution in [0.3, 0.4) is 0 Å². The molecular weight excluding hydrogens is 332 g/mol. The summed E-state index contributed by atoms with van der Waals surface area (Å²) >= 11 is 0. The van der Waals surface area contributed by atoms with Gasteiger partial charge in [0.2, 0.25) is 5.96 Å². The van der Waals surface area contributed by atoms with Crippen molar-refractivity contribution in [3.05, 3.63) is 24.3 Å². The summed E-state index contributed by atoms with van der Waals surface area (Å²) in [6.07, 6.45) is 0.469. The number of hydrazone groups is 1. The van der Waals surface area contributed by atoms with Crippen molar-refractivity contribution >= 4 is 45.7 Å². The van der Waals surface area contributed by atoms with Crippen LogP contribution in [0.4, 0.5) is 5.69 Å². The quantitative estimate of drug-likeness (QED) is 0.315. The summed E-state index contributed by atoms with van der Waals surface area (Å²) < 4.78 is 31.0. The van der Waals surface area contributed by atoms with Crippen molar-refractivity contribution in [1.82, 2.24) is 0 Å². The molecule has 0 aromatic heterocycles. The molecule has 0 bridgehead atoms. The van der Waals surface area contributed by atoms with Crippen molar-refractivity contribution in [1.29, 1.82) is 0 Å². The van der Waals surface area contributed by atoms with E-state index >= 15 is 0 Å². The van der Waals surface area contributed by atoms with E-state index < -0.39 is 10.1 Å². The van der Waals surface area contributed by atoms with E-state index in [0.717, 1.165) is 5.71 Å². The zero-order valence-electron chi connectivity index (χ0n) is 11.5. The van der Waals surface area contributed by atoms with Crippen LogP contribution in [0.2, 0.25) is 0 Å². The molecule has 0 saturated carbocycles. The Hall–Kier alpha value is -2.17. The van der Waals surface area contributed by atoms with E-state index in [4.69, 9.17) is 16.0 Å². The molecule has 11 heteroatoms. The van der Waals surface area contributed by atoms with Crippen LogP contribution in [0.5, 0.6) is 0 Å². The summed E-state index contributed by atoms with van der Waals surface area (Å²) in [5, 5.41) is 13.2. The molecule has 1 aliphatic heterocycles. The molecule has 5 N–H and O–H groups in total. The van der Waals surface area contributed by atoms with Crippen molar-refractivity contribution in [3.8, 4) is 0 Å². The molecule has 0 amide bonds. The average Bonchev–Trinajstić information content (AvgIpc) is 2.77. The van der Waals surface area contributed by atoms with Crippen molar-refractivity contribution in [3.63, 3.8) is 0 Å². The first kappa shape index (κ1) is 17.9. The molecule has 1 aromatic rings. The molecule has 1 aromatic carbocycles. The first-order valence-corrected chi connectivity index (χ1v) is 7.28. The molecule has 1 aliphatic rings. The number of halogens is 1. The Morgan fingerprint density at radius 3 is 2.41 bits per heavy atom. The van der Waals surface area contributed by atoms with Gasteiger partial charge in [0.25, 0.3) is 10.1 Å². The van der Waals surface area contributed by atoms with E-state index in [0.29, 0.717) is 17.9 Å². The number of rotatable bonds is 3. The zero-order chi connectivity index (χ0) is 15.6. The van der Waals surface area contributed by atoms with Crippen molar-refractivity contribution in [2.24, 2.45) is 26.8 Å². The van der Waals surface area contributed by atoms with Crippen LogP contribution in [-0.4, -0.2) is 30.5 Å². The predicted octanol–water partition coefficient (Wildman–Crippen LogP) is 0.528. The molecule has 2 rings (SSSR count). The number of anilines is 1. The number of nitrogens with zero attached hydrogens (tertiary/aromatic N) is 4. The van der Waals surface area contributed by atoms with Gasteiger partial charge in [0.15, 0.2) is 5.84 Å². The minimum atomic E-state index is -4.23. The lowest BCUT2D eigenvalue weighted by molar-refractivity contribution is 0.483. The van der Waals surface area contributed by atoms with Gasteiger partial charge >= 0.3 is 0 Å². The van der Waals surface area contributed by atoms with E-state index in [-0.39, 0.29) is 23.3 Å². The van der Waals surface area contributed by atoms with Gasteiger partial charge in [-0.2, -0.15) is 13.5 Å². The molecule has 120 valence electrons. The van der Waals surface area contributed by atoms with E-state index in [9.17, 15) is 8.42 Å². The molecule has 0 aliphatic carbocycles. The van der Waals surface area contributed by atoms with Crippen LogP contribution in [0, 0.1) is 0 Å². The number of amidine groups is 1. The molecule has 0 fully saturated rings. The fraction of sp³-hybridized carbons (Fsp3) is 0.182. The van der Waals surface area contributed by atoms with Crippen molar-refractivity contribution < 1.29 is 13.0 Å². The largest absolute Gasteiger partial charge is 0.369 e. The monoisotopic (exact) mass is 346 g/mol. The van der Waals surface area contributed by atoms with Gasteiger partial charge in [0.1, 0.15) is 0 Å².